The van der Waals surface area contributed by atoms with Gasteiger partial charge < -0.3 is 24.6 Å². The Morgan fingerprint density at radius 2 is 1.09 bits per heavy atom. The van der Waals surface area contributed by atoms with E-state index in [9.17, 15) is 14.7 Å². The monoisotopic (exact) mass is 769 g/mol. The van der Waals surface area contributed by atoms with Crippen LogP contribution in [0.4, 0.5) is 0 Å². The molecular weight excluding hydrogens is 730 g/mol. The molecule has 0 aromatic heterocycles. The van der Waals surface area contributed by atoms with Crippen LogP contribution in [-0.4, -0.2) is 28.9 Å². The maximum absolute atomic E-state index is 13.8. The zero-order chi connectivity index (χ0) is 37.0. The topological polar surface area (TPSA) is 94.1 Å². The molecule has 268 valence electrons. The van der Waals surface area contributed by atoms with E-state index in [0.29, 0.717) is 34.9 Å². The van der Waals surface area contributed by atoms with Crippen molar-refractivity contribution in [1.82, 2.24) is 5.32 Å². The Morgan fingerprint density at radius 3 is 1.72 bits per heavy atom. The second kappa shape index (κ2) is 18.2. The van der Waals surface area contributed by atoms with Crippen LogP contribution in [0.1, 0.15) is 39.5 Å². The number of benzene rings is 6. The largest absolute Gasteiger partial charge is 0.488 e. The molecule has 0 saturated carbocycles. The molecule has 0 aliphatic carbocycles. The van der Waals surface area contributed by atoms with Gasteiger partial charge in [-0.3, -0.25) is 9.59 Å². The van der Waals surface area contributed by atoms with E-state index in [1.165, 1.54) is 6.92 Å². The van der Waals surface area contributed by atoms with Crippen LogP contribution in [0.2, 0.25) is 0 Å². The second-order valence-electron chi connectivity index (χ2n) is 12.6. The summed E-state index contributed by atoms with van der Waals surface area (Å²) in [6.45, 7) is 2.27. The van der Waals surface area contributed by atoms with Gasteiger partial charge in [-0.15, -0.1) is 0 Å². The number of rotatable bonds is 16. The summed E-state index contributed by atoms with van der Waals surface area (Å²) < 4.78 is 19.3. The van der Waals surface area contributed by atoms with E-state index in [2.05, 4.69) is 21.2 Å². The van der Waals surface area contributed by atoms with Crippen LogP contribution >= 0.6 is 15.9 Å². The third kappa shape index (κ3) is 10.4. The quantitative estimate of drug-likeness (QED) is 0.102. The molecule has 0 aliphatic heterocycles. The van der Waals surface area contributed by atoms with E-state index >= 15 is 0 Å². The number of carbonyl (C=O) groups is 2. The fourth-order valence-corrected chi connectivity index (χ4v) is 6.12. The zero-order valence-electron chi connectivity index (χ0n) is 29.3. The lowest BCUT2D eigenvalue weighted by Crippen LogP contribution is -2.46. The normalized spacial score (nSPS) is 12.0. The molecule has 8 heteroatoms. The number of amides is 1. The minimum Gasteiger partial charge on any atom is -0.488 e. The Labute approximate surface area is 318 Å². The predicted octanol–water partition coefficient (Wildman–Crippen LogP) is 9.14. The fraction of sp³-hybridized carbons (Fsp3) is 0.156. The molecule has 0 fully saturated rings. The highest BCUT2D eigenvalue weighted by atomic mass is 79.9. The van der Waals surface area contributed by atoms with Crippen LogP contribution in [0.25, 0.3) is 11.1 Å². The van der Waals surface area contributed by atoms with Crippen LogP contribution in [-0.2, 0) is 31.0 Å². The van der Waals surface area contributed by atoms with E-state index in [1.54, 1.807) is 18.2 Å². The molecule has 2 N–H and O–H groups in total. The molecule has 0 spiro atoms. The SMILES string of the molecule is CC(O)C(=O)[C@H](Cc1ccc(-c2ccccc2)cc1)NC(=O)c1cc(Br)ccc1OCc1ccc(OCc2ccccc2)c(OCc2ccccc2)c1. The number of hydrogen-bond donors (Lipinski definition) is 2. The second-order valence-corrected chi connectivity index (χ2v) is 13.5. The number of aliphatic hydroxyl groups is 1. The summed E-state index contributed by atoms with van der Waals surface area (Å²) in [4.78, 5) is 27.0. The third-order valence-corrected chi connectivity index (χ3v) is 9.12. The lowest BCUT2D eigenvalue weighted by Gasteiger charge is -2.21. The van der Waals surface area contributed by atoms with Gasteiger partial charge in [0.2, 0.25) is 0 Å². The van der Waals surface area contributed by atoms with Gasteiger partial charge in [-0.25, -0.2) is 0 Å². The van der Waals surface area contributed by atoms with E-state index in [-0.39, 0.29) is 18.6 Å². The number of carbonyl (C=O) groups excluding carboxylic acids is 2. The molecule has 1 unspecified atom stereocenters. The average molecular weight is 771 g/mol. The third-order valence-electron chi connectivity index (χ3n) is 8.62. The summed E-state index contributed by atoms with van der Waals surface area (Å²) in [6.07, 6.45) is -1.06. The summed E-state index contributed by atoms with van der Waals surface area (Å²) in [6, 6.07) is 47.4. The van der Waals surface area contributed by atoms with Crippen molar-refractivity contribution < 1.29 is 28.9 Å². The summed E-state index contributed by atoms with van der Waals surface area (Å²) in [5, 5.41) is 13.1. The zero-order valence-corrected chi connectivity index (χ0v) is 30.9. The van der Waals surface area contributed by atoms with Crippen LogP contribution in [0.15, 0.2) is 156 Å². The number of aliphatic hydroxyl groups excluding tert-OH is 1. The number of halogens is 1. The van der Waals surface area contributed by atoms with E-state index in [1.807, 2.05) is 133 Å². The number of ether oxygens (including phenoxy) is 3. The molecule has 0 saturated heterocycles. The highest BCUT2D eigenvalue weighted by Crippen LogP contribution is 2.32. The van der Waals surface area contributed by atoms with Gasteiger partial charge >= 0.3 is 0 Å². The first-order valence-corrected chi connectivity index (χ1v) is 18.2. The van der Waals surface area contributed by atoms with Crippen molar-refractivity contribution in [2.75, 3.05) is 0 Å². The molecule has 6 rings (SSSR count). The van der Waals surface area contributed by atoms with Gasteiger partial charge in [-0.05, 0) is 77.1 Å². The predicted molar refractivity (Wildman–Crippen MR) is 210 cm³/mol. The number of ketones is 1. The molecule has 53 heavy (non-hydrogen) atoms. The van der Waals surface area contributed by atoms with Crippen LogP contribution in [0.5, 0.6) is 17.2 Å². The molecule has 0 bridgehead atoms. The lowest BCUT2D eigenvalue weighted by atomic mass is 9.97. The Hall–Kier alpha value is -5.70. The number of nitrogens with one attached hydrogen (secondary N) is 1. The Kier molecular flexibility index (Phi) is 12.7. The molecular formula is C45H40BrNO6. The highest BCUT2D eigenvalue weighted by Gasteiger charge is 2.26. The van der Waals surface area contributed by atoms with Gasteiger partial charge in [0.15, 0.2) is 17.3 Å². The van der Waals surface area contributed by atoms with Crippen LogP contribution in [0.3, 0.4) is 0 Å². The van der Waals surface area contributed by atoms with Crippen molar-refractivity contribution in [1.29, 1.82) is 0 Å². The summed E-state index contributed by atoms with van der Waals surface area (Å²) in [5.74, 6) is 0.507. The summed E-state index contributed by atoms with van der Waals surface area (Å²) in [5.41, 5.74) is 6.06. The van der Waals surface area contributed by atoms with Crippen molar-refractivity contribution in [3.05, 3.63) is 184 Å². The van der Waals surface area contributed by atoms with Crippen molar-refractivity contribution in [3.63, 3.8) is 0 Å². The molecule has 7 nitrogen and oxygen atoms in total. The highest BCUT2D eigenvalue weighted by molar-refractivity contribution is 9.10. The summed E-state index contributed by atoms with van der Waals surface area (Å²) >= 11 is 3.47. The first-order valence-electron chi connectivity index (χ1n) is 17.4. The van der Waals surface area contributed by atoms with E-state index in [0.717, 1.165) is 33.4 Å². The maximum atomic E-state index is 13.8. The van der Waals surface area contributed by atoms with E-state index < -0.39 is 23.8 Å². The van der Waals surface area contributed by atoms with Crippen molar-refractivity contribution in [2.45, 2.75) is 45.3 Å². The Balaban J connectivity index is 1.17. The first-order chi connectivity index (χ1) is 25.8. The van der Waals surface area contributed by atoms with Crippen molar-refractivity contribution in [3.8, 4) is 28.4 Å². The number of hydrogen-bond acceptors (Lipinski definition) is 6. The van der Waals surface area contributed by atoms with E-state index in [4.69, 9.17) is 14.2 Å². The van der Waals surface area contributed by atoms with Crippen LogP contribution in [0, 0.1) is 0 Å². The maximum Gasteiger partial charge on any atom is 0.255 e. The van der Waals surface area contributed by atoms with Gasteiger partial charge in [0, 0.05) is 4.47 Å². The van der Waals surface area contributed by atoms with Gasteiger partial charge in [-0.2, -0.15) is 0 Å². The minimum atomic E-state index is -1.26. The fourth-order valence-electron chi connectivity index (χ4n) is 5.76. The minimum absolute atomic E-state index is 0.131. The Bertz CT molecular complexity index is 2110. The molecule has 0 heterocycles. The standard InChI is InChI=1S/C45H40BrNO6/c1-31(48)44(49)40(25-32-17-20-37(21-18-32)36-15-9-4-10-16-36)47-45(50)39-27-38(46)22-24-41(39)51-30-35-19-23-42(52-28-33-11-5-2-6-12-33)43(26-35)53-29-34-13-7-3-8-14-34/h2-24,26-27,31,40,48H,25,28-30H2,1H3,(H,47,50)/t31?,40-/m0/s1. The molecule has 0 radical (unpaired) electrons. The first kappa shape index (κ1) is 37.1. The molecule has 6 aromatic carbocycles. The molecule has 1 amide bonds. The Morgan fingerprint density at radius 1 is 0.585 bits per heavy atom. The van der Waals surface area contributed by atoms with Crippen molar-refractivity contribution >= 4 is 27.6 Å². The molecule has 0 aliphatic rings. The number of Topliss-reactive ketones (excluding diaryl/α,β-unsaturated/α-hetero) is 1. The lowest BCUT2D eigenvalue weighted by molar-refractivity contribution is -0.128. The van der Waals surface area contributed by atoms with Gasteiger partial charge in [0.25, 0.3) is 5.91 Å². The van der Waals surface area contributed by atoms with Gasteiger partial charge in [-0.1, -0.05) is 137 Å². The smallest absolute Gasteiger partial charge is 0.255 e. The van der Waals surface area contributed by atoms with Crippen molar-refractivity contribution in [2.24, 2.45) is 0 Å². The average Bonchev–Trinajstić information content (AvgIpc) is 3.19. The van der Waals surface area contributed by atoms with Crippen LogP contribution < -0.4 is 19.5 Å². The molecule has 6 aromatic rings. The van der Waals surface area contributed by atoms with Gasteiger partial charge in [0.1, 0.15) is 31.7 Å². The molecule has 2 atom stereocenters. The summed E-state index contributed by atoms with van der Waals surface area (Å²) in [7, 11) is 0. The van der Waals surface area contributed by atoms with Gasteiger partial charge in [0.05, 0.1) is 11.6 Å².